The van der Waals surface area contributed by atoms with Gasteiger partial charge in [0.05, 0.1) is 0 Å². The Hall–Kier alpha value is -1.50. The third kappa shape index (κ3) is 9.82. The first-order valence-corrected chi connectivity index (χ1v) is 13.9. The van der Waals surface area contributed by atoms with Gasteiger partial charge in [-0.2, -0.15) is 26.0 Å². The number of hydrogen-bond donors (Lipinski definition) is 2. The molecule has 186 valence electrons. The zero-order valence-corrected chi connectivity index (χ0v) is 24.6. The van der Waals surface area contributed by atoms with Gasteiger partial charge in [-0.25, -0.2) is 0 Å². The molecule has 0 saturated heterocycles. The van der Waals surface area contributed by atoms with E-state index in [0.717, 1.165) is 0 Å². The maximum Gasteiger partial charge on any atom is 1.00 e. The van der Waals surface area contributed by atoms with Crippen LogP contribution in [-0.4, -0.2) is 18.1 Å². The first-order chi connectivity index (χ1) is 16.3. The molecule has 3 rings (SSSR count). The van der Waals surface area contributed by atoms with Crippen molar-refractivity contribution < 1.29 is 47.6 Å². The van der Waals surface area contributed by atoms with E-state index in [-0.39, 0.29) is 40.2 Å². The minimum Gasteiger partial charge on any atom is -0.507 e. The molecule has 0 unspecified atom stereocenters. The van der Waals surface area contributed by atoms with Gasteiger partial charge in [-0.15, -0.1) is 17.7 Å². The van der Waals surface area contributed by atoms with Crippen LogP contribution in [0, 0.1) is 5.92 Å². The molecular weight excluding hydrogens is 467 g/mol. The van der Waals surface area contributed by atoms with E-state index in [0.29, 0.717) is 10.8 Å². The number of aromatic hydroxyl groups is 1. The normalized spacial score (nSPS) is 10.9. The van der Waals surface area contributed by atoms with E-state index in [4.69, 9.17) is 4.55 Å². The van der Waals surface area contributed by atoms with Crippen molar-refractivity contribution >= 4 is 20.9 Å². The third-order valence-electron chi connectivity index (χ3n) is 6.00. The molecule has 0 bridgehead atoms. The van der Waals surface area contributed by atoms with Gasteiger partial charge in [0.15, 0.2) is 0 Å². The maximum atomic E-state index is 11.0. The van der Waals surface area contributed by atoms with E-state index in [1.807, 2.05) is 0 Å². The quantitative estimate of drug-likeness (QED) is 0.215. The summed E-state index contributed by atoms with van der Waals surface area (Å²) in [5.41, 5.74) is 3.14. The van der Waals surface area contributed by atoms with Crippen molar-refractivity contribution in [3.8, 4) is 5.75 Å². The molecule has 6 heteroatoms. The number of unbranched alkanes of at least 4 members (excludes halogenated alkanes) is 3. The average molecular weight is 507 g/mol. The van der Waals surface area contributed by atoms with Crippen molar-refractivity contribution in [2.45, 2.75) is 83.5 Å². The number of hydrogen-bond acceptors (Lipinski definition) is 3. The zero-order valence-electron chi connectivity index (χ0n) is 21.8. The van der Waals surface area contributed by atoms with Crippen molar-refractivity contribution in [3.05, 3.63) is 77.7 Å². The first kappa shape index (κ1) is 31.5. The van der Waals surface area contributed by atoms with Crippen LogP contribution in [0.25, 0.3) is 10.8 Å². The number of phenolic OH excluding ortho intramolecular Hbond substituents is 1. The van der Waals surface area contributed by atoms with Gasteiger partial charge in [0, 0.05) is 10.8 Å². The summed E-state index contributed by atoms with van der Waals surface area (Å²) in [6.45, 7) is 6.86. The fourth-order valence-electron chi connectivity index (χ4n) is 4.11. The summed E-state index contributed by atoms with van der Waals surface area (Å²) in [6.07, 6.45) is 11.7. The molecule has 0 heterocycles. The van der Waals surface area contributed by atoms with Gasteiger partial charge in [0.2, 0.25) is 0 Å². The molecule has 35 heavy (non-hydrogen) atoms. The van der Waals surface area contributed by atoms with Crippen molar-refractivity contribution in [3.63, 3.8) is 0 Å². The molecule has 0 spiro atoms. The molecule has 0 radical (unpaired) electrons. The number of aryl methyl sites for hydroxylation is 1. The van der Waals surface area contributed by atoms with Gasteiger partial charge < -0.3 is 5.11 Å². The summed E-state index contributed by atoms with van der Waals surface area (Å²) >= 11 is 0. The SMILES string of the molecule is CCCCc1ccccc1[C-](CCCC)CCCC.O=S(=O)(O)c1ccc(O)c2ccccc12.[Na+]. The van der Waals surface area contributed by atoms with Crippen molar-refractivity contribution in [2.75, 3.05) is 0 Å². The van der Waals surface area contributed by atoms with Gasteiger partial charge in [0.25, 0.3) is 10.1 Å². The van der Waals surface area contributed by atoms with E-state index in [9.17, 15) is 13.5 Å². The minimum atomic E-state index is -4.26. The second-order valence-electron chi connectivity index (χ2n) is 8.67. The largest absolute Gasteiger partial charge is 1.00 e. The third-order valence-corrected chi connectivity index (χ3v) is 6.91. The van der Waals surface area contributed by atoms with Crippen LogP contribution < -0.4 is 29.6 Å². The molecular formula is C29H39NaO4S. The number of phenols is 1. The fourth-order valence-corrected chi connectivity index (χ4v) is 4.80. The second kappa shape index (κ2) is 16.3. The van der Waals surface area contributed by atoms with Crippen LogP contribution in [-0.2, 0) is 16.5 Å². The Morgan fingerprint density at radius 2 is 1.29 bits per heavy atom. The van der Waals surface area contributed by atoms with Crippen LogP contribution in [0.3, 0.4) is 0 Å². The molecule has 0 aromatic heterocycles. The van der Waals surface area contributed by atoms with Crippen LogP contribution >= 0.6 is 0 Å². The van der Waals surface area contributed by atoms with Crippen LogP contribution in [0.2, 0.25) is 0 Å². The second-order valence-corrected chi connectivity index (χ2v) is 10.1. The van der Waals surface area contributed by atoms with Crippen molar-refractivity contribution in [1.82, 2.24) is 0 Å². The van der Waals surface area contributed by atoms with Gasteiger partial charge in [-0.3, -0.25) is 4.55 Å². The summed E-state index contributed by atoms with van der Waals surface area (Å²) in [7, 11) is -4.26. The maximum absolute atomic E-state index is 11.0. The fraction of sp³-hybridized carbons (Fsp3) is 0.414. The van der Waals surface area contributed by atoms with Gasteiger partial charge in [0.1, 0.15) is 10.6 Å². The standard InChI is InChI=1S/C19H31.C10H8O4S.Na/c1-4-7-12-17(13-8-5-2)19-16-11-10-15-18(19)14-9-6-3;11-9-5-6-10(15(12,13)14)8-4-2-1-3-7(8)9;/h10-11,15-16H,4-9,12-14H2,1-3H3;1-6,11H,(H,12,13,14);/q-1;;+1. The smallest absolute Gasteiger partial charge is 0.507 e. The number of benzene rings is 3. The Morgan fingerprint density at radius 1 is 0.743 bits per heavy atom. The molecule has 3 aromatic carbocycles. The van der Waals surface area contributed by atoms with Crippen molar-refractivity contribution in [2.24, 2.45) is 0 Å². The molecule has 0 atom stereocenters. The predicted octanol–water partition coefficient (Wildman–Crippen LogP) is 5.13. The molecule has 0 aliphatic carbocycles. The summed E-state index contributed by atoms with van der Waals surface area (Å²) < 4.78 is 31.0. The minimum absolute atomic E-state index is 0. The Balaban J connectivity index is 0.000000348. The Morgan fingerprint density at radius 3 is 1.86 bits per heavy atom. The zero-order chi connectivity index (χ0) is 25.0. The molecule has 0 aliphatic rings. The van der Waals surface area contributed by atoms with Gasteiger partial charge in [-0.1, -0.05) is 109 Å². The van der Waals surface area contributed by atoms with Crippen LogP contribution in [0.1, 0.15) is 83.3 Å². The Labute approximate surface area is 234 Å². The molecule has 0 saturated carbocycles. The van der Waals surface area contributed by atoms with Crippen molar-refractivity contribution in [1.29, 1.82) is 0 Å². The number of rotatable bonds is 11. The van der Waals surface area contributed by atoms with Gasteiger partial charge >= 0.3 is 29.6 Å². The molecule has 0 aliphatic heterocycles. The Kier molecular flexibility index (Phi) is 14.7. The first-order valence-electron chi connectivity index (χ1n) is 12.4. The van der Waals surface area contributed by atoms with Gasteiger partial charge in [-0.05, 0) is 12.1 Å². The van der Waals surface area contributed by atoms with E-state index in [2.05, 4.69) is 45.0 Å². The number of fused-ring (bicyclic) bond motifs is 1. The summed E-state index contributed by atoms with van der Waals surface area (Å²) in [5.74, 6) is 1.69. The summed E-state index contributed by atoms with van der Waals surface area (Å²) in [5, 5.41) is 10.2. The average Bonchev–Trinajstić information content (AvgIpc) is 2.83. The topological polar surface area (TPSA) is 74.6 Å². The molecule has 2 N–H and O–H groups in total. The van der Waals surface area contributed by atoms with Crippen LogP contribution in [0.4, 0.5) is 0 Å². The molecule has 0 fully saturated rings. The summed E-state index contributed by atoms with van der Waals surface area (Å²) in [4.78, 5) is -0.198. The summed E-state index contributed by atoms with van der Waals surface area (Å²) in [6, 6.07) is 17.9. The molecule has 0 amide bonds. The van der Waals surface area contributed by atoms with E-state index >= 15 is 0 Å². The van der Waals surface area contributed by atoms with E-state index in [1.54, 1.807) is 35.2 Å². The van der Waals surface area contributed by atoms with E-state index in [1.165, 1.54) is 76.0 Å². The predicted molar refractivity (Wildman–Crippen MR) is 142 cm³/mol. The monoisotopic (exact) mass is 506 g/mol. The van der Waals surface area contributed by atoms with E-state index < -0.39 is 10.1 Å². The van der Waals surface area contributed by atoms with Crippen LogP contribution in [0.5, 0.6) is 5.75 Å². The molecule has 4 nitrogen and oxygen atoms in total. The molecule has 3 aromatic rings. The van der Waals surface area contributed by atoms with Crippen LogP contribution in [0.15, 0.2) is 65.6 Å². The Bertz CT molecular complexity index is 1120.